The highest BCUT2D eigenvalue weighted by atomic mass is 32.1. The van der Waals surface area contributed by atoms with E-state index in [1.165, 1.54) is 11.3 Å². The molecule has 0 aliphatic rings. The minimum absolute atomic E-state index is 0.0276. The summed E-state index contributed by atoms with van der Waals surface area (Å²) in [6.07, 6.45) is 0.793. The molecule has 7 nitrogen and oxygen atoms in total. The van der Waals surface area contributed by atoms with E-state index in [4.69, 9.17) is 5.11 Å². The van der Waals surface area contributed by atoms with Crippen molar-refractivity contribution < 1.29 is 14.7 Å². The first kappa shape index (κ1) is 14.5. The maximum absolute atomic E-state index is 11.8. The summed E-state index contributed by atoms with van der Waals surface area (Å²) in [5, 5.41) is 21.1. The zero-order chi connectivity index (χ0) is 14.7. The lowest BCUT2D eigenvalue weighted by Gasteiger charge is -1.97. The van der Waals surface area contributed by atoms with Gasteiger partial charge in [-0.15, -0.1) is 21.5 Å². The van der Waals surface area contributed by atoms with Gasteiger partial charge in [0.15, 0.2) is 0 Å². The molecule has 106 valence electrons. The van der Waals surface area contributed by atoms with E-state index in [0.29, 0.717) is 15.8 Å². The molecule has 0 aliphatic carbocycles. The molecule has 2 aromatic rings. The molecule has 0 atom stereocenters. The Morgan fingerprint density at radius 2 is 2.00 bits per heavy atom. The van der Waals surface area contributed by atoms with Gasteiger partial charge in [-0.1, -0.05) is 18.3 Å². The van der Waals surface area contributed by atoms with Gasteiger partial charge in [0.25, 0.3) is 0 Å². The lowest BCUT2D eigenvalue weighted by atomic mass is 10.4. The highest BCUT2D eigenvalue weighted by Gasteiger charge is 2.16. The van der Waals surface area contributed by atoms with E-state index in [2.05, 4.69) is 20.5 Å². The van der Waals surface area contributed by atoms with Gasteiger partial charge in [-0.3, -0.25) is 4.79 Å². The van der Waals surface area contributed by atoms with E-state index < -0.39 is 5.97 Å². The van der Waals surface area contributed by atoms with E-state index in [-0.39, 0.29) is 17.2 Å². The first-order valence-corrected chi connectivity index (χ1v) is 7.44. The minimum Gasteiger partial charge on any atom is -0.477 e. The number of nitrogens with one attached hydrogen (secondary N) is 1. The third-order valence-corrected chi connectivity index (χ3v) is 4.49. The highest BCUT2D eigenvalue weighted by Crippen LogP contribution is 2.20. The van der Waals surface area contributed by atoms with Crippen LogP contribution in [0.3, 0.4) is 0 Å². The molecule has 0 unspecified atom stereocenters. The van der Waals surface area contributed by atoms with Gasteiger partial charge in [0.05, 0.1) is 12.1 Å². The summed E-state index contributed by atoms with van der Waals surface area (Å²) in [5.41, 5.74) is 0.425. The summed E-state index contributed by atoms with van der Waals surface area (Å²) in [6, 6.07) is 0. The van der Waals surface area contributed by atoms with Crippen LogP contribution in [-0.2, 0) is 17.6 Å². The Kier molecular flexibility index (Phi) is 4.40. The first-order valence-electron chi connectivity index (χ1n) is 5.81. The van der Waals surface area contributed by atoms with Gasteiger partial charge in [-0.25, -0.2) is 9.78 Å². The maximum Gasteiger partial charge on any atom is 0.347 e. The van der Waals surface area contributed by atoms with Gasteiger partial charge in [0, 0.05) is 0 Å². The van der Waals surface area contributed by atoms with E-state index in [9.17, 15) is 9.59 Å². The van der Waals surface area contributed by atoms with Crippen LogP contribution in [0.4, 0.5) is 5.13 Å². The molecule has 2 heterocycles. The van der Waals surface area contributed by atoms with Crippen molar-refractivity contribution >= 4 is 39.7 Å². The van der Waals surface area contributed by atoms with Crippen LogP contribution in [0.2, 0.25) is 0 Å². The van der Waals surface area contributed by atoms with Crippen LogP contribution in [0.1, 0.15) is 32.3 Å². The Morgan fingerprint density at radius 3 is 2.55 bits per heavy atom. The molecule has 0 bridgehead atoms. The number of hydrogen-bond acceptors (Lipinski definition) is 7. The molecule has 2 N–H and O–H groups in total. The molecule has 0 saturated heterocycles. The predicted molar refractivity (Wildman–Crippen MR) is 75.4 cm³/mol. The number of carbonyl (C=O) groups excluding carboxylic acids is 1. The summed E-state index contributed by atoms with van der Waals surface area (Å²) in [6.45, 7) is 3.57. The average Bonchev–Trinajstić information content (AvgIpc) is 2.95. The van der Waals surface area contributed by atoms with Crippen molar-refractivity contribution in [3.05, 3.63) is 20.6 Å². The minimum atomic E-state index is -1.02. The number of nitrogens with zero attached hydrogens (tertiary/aromatic N) is 3. The summed E-state index contributed by atoms with van der Waals surface area (Å²) >= 11 is 2.33. The van der Waals surface area contributed by atoms with Crippen molar-refractivity contribution in [3.63, 3.8) is 0 Å². The van der Waals surface area contributed by atoms with Crippen molar-refractivity contribution in [2.45, 2.75) is 26.7 Å². The number of carboxylic acids is 1. The van der Waals surface area contributed by atoms with Crippen LogP contribution >= 0.6 is 22.7 Å². The highest BCUT2D eigenvalue weighted by molar-refractivity contribution is 7.15. The van der Waals surface area contributed by atoms with Crippen LogP contribution in [-0.4, -0.2) is 32.2 Å². The topological polar surface area (TPSA) is 105 Å². The fourth-order valence-electron chi connectivity index (χ4n) is 1.47. The Hall–Kier alpha value is -1.87. The summed E-state index contributed by atoms with van der Waals surface area (Å²) in [4.78, 5) is 27.0. The third-order valence-electron chi connectivity index (χ3n) is 2.36. The largest absolute Gasteiger partial charge is 0.477 e. The SMILES string of the molecule is CCc1nnc(NC(=O)Cc2nc(C)c(C(=O)O)s2)s1. The molecular weight excluding hydrogens is 300 g/mol. The number of thiazole rings is 1. The molecule has 0 fully saturated rings. The normalized spacial score (nSPS) is 10.5. The Morgan fingerprint density at radius 1 is 1.25 bits per heavy atom. The van der Waals surface area contributed by atoms with Gasteiger partial charge in [-0.05, 0) is 13.3 Å². The van der Waals surface area contributed by atoms with Gasteiger partial charge >= 0.3 is 5.97 Å². The van der Waals surface area contributed by atoms with Crippen molar-refractivity contribution in [1.29, 1.82) is 0 Å². The second-order valence-electron chi connectivity index (χ2n) is 3.91. The van der Waals surface area contributed by atoms with Crippen LogP contribution in [0.25, 0.3) is 0 Å². The number of aromatic carboxylic acids is 1. The number of rotatable bonds is 5. The Balaban J connectivity index is 2.01. The standard InChI is InChI=1S/C11H12N4O3S2/c1-3-7-14-15-11(20-7)13-6(16)4-8-12-5(2)9(19-8)10(17)18/h3-4H2,1-2H3,(H,17,18)(H,13,15,16). The van der Waals surface area contributed by atoms with Crippen LogP contribution in [0.5, 0.6) is 0 Å². The molecule has 0 aliphatic heterocycles. The molecule has 2 aromatic heterocycles. The van der Waals surface area contributed by atoms with Gasteiger partial charge in [0.2, 0.25) is 11.0 Å². The zero-order valence-corrected chi connectivity index (χ0v) is 12.5. The summed E-state index contributed by atoms with van der Waals surface area (Å²) in [5.74, 6) is -1.31. The first-order chi connectivity index (χ1) is 9.49. The number of aromatic nitrogens is 3. The number of carboxylic acid groups (broad SMARTS) is 1. The Labute approximate surface area is 122 Å². The second kappa shape index (κ2) is 6.06. The quantitative estimate of drug-likeness (QED) is 0.871. The lowest BCUT2D eigenvalue weighted by Crippen LogP contribution is -2.14. The van der Waals surface area contributed by atoms with E-state index in [1.807, 2.05) is 6.92 Å². The summed E-state index contributed by atoms with van der Waals surface area (Å²) < 4.78 is 0. The van der Waals surface area contributed by atoms with E-state index in [1.54, 1.807) is 6.92 Å². The smallest absolute Gasteiger partial charge is 0.347 e. The molecule has 2 rings (SSSR count). The van der Waals surface area contributed by atoms with Gasteiger partial charge in [-0.2, -0.15) is 0 Å². The van der Waals surface area contributed by atoms with Crippen molar-refractivity contribution in [3.8, 4) is 0 Å². The summed E-state index contributed by atoms with van der Waals surface area (Å²) in [7, 11) is 0. The third kappa shape index (κ3) is 3.36. The van der Waals surface area contributed by atoms with Crippen molar-refractivity contribution in [1.82, 2.24) is 15.2 Å². The van der Waals surface area contributed by atoms with Gasteiger partial charge in [0.1, 0.15) is 14.9 Å². The molecule has 9 heteroatoms. The monoisotopic (exact) mass is 312 g/mol. The van der Waals surface area contributed by atoms with Gasteiger partial charge < -0.3 is 10.4 Å². The molecule has 0 radical (unpaired) electrons. The molecule has 20 heavy (non-hydrogen) atoms. The van der Waals surface area contributed by atoms with Crippen molar-refractivity contribution in [2.24, 2.45) is 0 Å². The molecule has 1 amide bonds. The number of aryl methyl sites for hydroxylation is 2. The van der Waals surface area contributed by atoms with E-state index >= 15 is 0 Å². The van der Waals surface area contributed by atoms with Crippen LogP contribution in [0.15, 0.2) is 0 Å². The number of amides is 1. The lowest BCUT2D eigenvalue weighted by molar-refractivity contribution is -0.115. The van der Waals surface area contributed by atoms with E-state index in [0.717, 1.165) is 22.8 Å². The fraction of sp³-hybridized carbons (Fsp3) is 0.364. The predicted octanol–water partition coefficient (Wildman–Crippen LogP) is 1.74. The van der Waals surface area contributed by atoms with Crippen molar-refractivity contribution in [2.75, 3.05) is 5.32 Å². The average molecular weight is 312 g/mol. The molecule has 0 saturated carbocycles. The fourth-order valence-corrected chi connectivity index (χ4v) is 3.07. The molecular formula is C11H12N4O3S2. The number of hydrogen-bond donors (Lipinski definition) is 2. The second-order valence-corrected chi connectivity index (χ2v) is 6.05. The molecule has 0 aromatic carbocycles. The Bertz CT molecular complexity index is 650. The number of anilines is 1. The maximum atomic E-state index is 11.8. The van der Waals surface area contributed by atoms with Crippen LogP contribution in [0, 0.1) is 6.92 Å². The molecule has 0 spiro atoms. The zero-order valence-electron chi connectivity index (χ0n) is 10.8. The van der Waals surface area contributed by atoms with Crippen LogP contribution < -0.4 is 5.32 Å². The number of carbonyl (C=O) groups is 2.